The number of amides is 2. The molecule has 0 spiro atoms. The number of nitrogens with zero attached hydrogens (tertiary/aromatic N) is 3. The Morgan fingerprint density at radius 3 is 2.48 bits per heavy atom. The number of carbonyl (C=O) groups excluding carboxylic acids is 1. The average Bonchev–Trinajstić information content (AvgIpc) is 2.64. The predicted molar refractivity (Wildman–Crippen MR) is 98.5 cm³/mol. The Morgan fingerprint density at radius 1 is 1.08 bits per heavy atom. The second kappa shape index (κ2) is 8.02. The van der Waals surface area contributed by atoms with Gasteiger partial charge in [0.15, 0.2) is 0 Å². The van der Waals surface area contributed by atoms with E-state index in [-0.39, 0.29) is 6.03 Å². The van der Waals surface area contributed by atoms with Crippen molar-refractivity contribution in [3.8, 4) is 6.07 Å². The summed E-state index contributed by atoms with van der Waals surface area (Å²) in [5.74, 6) is 0. The van der Waals surface area contributed by atoms with E-state index < -0.39 is 0 Å². The molecule has 2 aromatic rings. The Bertz CT molecular complexity index is 794. The second-order valence-electron chi connectivity index (χ2n) is 5.94. The summed E-state index contributed by atoms with van der Waals surface area (Å²) in [5, 5.41) is 12.7. The summed E-state index contributed by atoms with van der Waals surface area (Å²) in [6.45, 7) is 3.65. The third-order valence-electron chi connectivity index (χ3n) is 4.30. The van der Waals surface area contributed by atoms with Gasteiger partial charge in [0.2, 0.25) is 0 Å². The summed E-state index contributed by atoms with van der Waals surface area (Å²) in [6, 6.07) is 16.8. The van der Waals surface area contributed by atoms with Crippen LogP contribution in [0, 0.1) is 11.3 Å². The van der Waals surface area contributed by atoms with Crippen LogP contribution in [0.3, 0.4) is 0 Å². The van der Waals surface area contributed by atoms with Crippen molar-refractivity contribution in [2.75, 3.05) is 31.5 Å². The number of piperazine rings is 1. The Balaban J connectivity index is 1.54. The van der Waals surface area contributed by atoms with Crippen molar-refractivity contribution in [2.45, 2.75) is 6.54 Å². The van der Waals surface area contributed by atoms with E-state index in [0.29, 0.717) is 24.3 Å². The number of nitrogens with one attached hydrogen (secondary N) is 1. The molecule has 25 heavy (non-hydrogen) atoms. The zero-order chi connectivity index (χ0) is 17.6. The summed E-state index contributed by atoms with van der Waals surface area (Å²) in [6.07, 6.45) is 0. The van der Waals surface area contributed by atoms with Gasteiger partial charge in [-0.2, -0.15) is 5.26 Å². The highest BCUT2D eigenvalue weighted by atomic mass is 35.5. The van der Waals surface area contributed by atoms with Crippen LogP contribution in [0.1, 0.15) is 11.1 Å². The molecule has 0 radical (unpaired) electrons. The summed E-state index contributed by atoms with van der Waals surface area (Å²) >= 11 is 6.21. The van der Waals surface area contributed by atoms with Gasteiger partial charge in [0.1, 0.15) is 6.07 Å². The molecular formula is C19H19ClN4O. The zero-order valence-corrected chi connectivity index (χ0v) is 14.5. The van der Waals surface area contributed by atoms with Crippen LogP contribution >= 0.6 is 11.6 Å². The Morgan fingerprint density at radius 2 is 1.76 bits per heavy atom. The number of para-hydroxylation sites is 1. The Labute approximate surface area is 152 Å². The number of anilines is 1. The topological polar surface area (TPSA) is 59.4 Å². The first kappa shape index (κ1) is 17.3. The lowest BCUT2D eigenvalue weighted by Crippen LogP contribution is -2.49. The molecule has 0 unspecified atom stereocenters. The first-order valence-corrected chi connectivity index (χ1v) is 8.56. The number of rotatable bonds is 3. The van der Waals surface area contributed by atoms with Crippen molar-refractivity contribution < 1.29 is 4.79 Å². The van der Waals surface area contributed by atoms with Gasteiger partial charge < -0.3 is 10.2 Å². The lowest BCUT2D eigenvalue weighted by atomic mass is 10.2. The molecule has 6 heteroatoms. The SMILES string of the molecule is N#Cc1ccccc1NC(=O)N1CCN(Cc2ccccc2Cl)CC1. The molecule has 0 aromatic heterocycles. The number of carbonyl (C=O) groups is 1. The van der Waals surface area contributed by atoms with E-state index in [1.807, 2.05) is 24.3 Å². The fraction of sp³-hybridized carbons (Fsp3) is 0.263. The highest BCUT2D eigenvalue weighted by Crippen LogP contribution is 2.19. The van der Waals surface area contributed by atoms with Gasteiger partial charge in [0.05, 0.1) is 11.3 Å². The van der Waals surface area contributed by atoms with Gasteiger partial charge in [-0.05, 0) is 23.8 Å². The number of hydrogen-bond acceptors (Lipinski definition) is 3. The molecule has 0 aliphatic carbocycles. The highest BCUT2D eigenvalue weighted by molar-refractivity contribution is 6.31. The van der Waals surface area contributed by atoms with Crippen molar-refractivity contribution in [1.82, 2.24) is 9.80 Å². The van der Waals surface area contributed by atoms with Gasteiger partial charge in [-0.15, -0.1) is 0 Å². The molecule has 1 N–H and O–H groups in total. The zero-order valence-electron chi connectivity index (χ0n) is 13.8. The number of hydrogen-bond donors (Lipinski definition) is 1. The van der Waals surface area contributed by atoms with Crippen molar-refractivity contribution in [1.29, 1.82) is 5.26 Å². The molecule has 1 heterocycles. The minimum atomic E-state index is -0.167. The predicted octanol–water partition coefficient (Wildman–Crippen LogP) is 3.56. The summed E-state index contributed by atoms with van der Waals surface area (Å²) in [7, 11) is 0. The van der Waals surface area contributed by atoms with Crippen LogP contribution in [0.4, 0.5) is 10.5 Å². The van der Waals surface area contributed by atoms with Crippen molar-refractivity contribution in [2.24, 2.45) is 0 Å². The van der Waals surface area contributed by atoms with Gasteiger partial charge in [-0.25, -0.2) is 4.79 Å². The number of halogens is 1. The molecule has 0 atom stereocenters. The molecule has 1 aliphatic rings. The fourth-order valence-corrected chi connectivity index (χ4v) is 3.06. The maximum absolute atomic E-state index is 12.4. The van der Waals surface area contributed by atoms with E-state index in [1.54, 1.807) is 29.2 Å². The first-order chi connectivity index (χ1) is 12.2. The van der Waals surface area contributed by atoms with E-state index in [0.717, 1.165) is 30.2 Å². The summed E-state index contributed by atoms with van der Waals surface area (Å²) < 4.78 is 0. The van der Waals surface area contributed by atoms with Gasteiger partial charge in [0.25, 0.3) is 0 Å². The van der Waals surface area contributed by atoms with E-state index >= 15 is 0 Å². The van der Waals surface area contributed by atoms with Gasteiger partial charge >= 0.3 is 6.03 Å². The largest absolute Gasteiger partial charge is 0.322 e. The fourth-order valence-electron chi connectivity index (χ4n) is 2.86. The minimum Gasteiger partial charge on any atom is -0.322 e. The van der Waals surface area contributed by atoms with Gasteiger partial charge in [-0.1, -0.05) is 41.9 Å². The quantitative estimate of drug-likeness (QED) is 0.916. The maximum Gasteiger partial charge on any atom is 0.321 e. The molecule has 0 bridgehead atoms. The van der Waals surface area contributed by atoms with Crippen LogP contribution in [-0.4, -0.2) is 42.0 Å². The van der Waals surface area contributed by atoms with Crippen LogP contribution in [0.5, 0.6) is 0 Å². The third-order valence-corrected chi connectivity index (χ3v) is 4.67. The van der Waals surface area contributed by atoms with E-state index in [4.69, 9.17) is 16.9 Å². The molecule has 2 aromatic carbocycles. The molecule has 1 fully saturated rings. The van der Waals surface area contributed by atoms with Crippen LogP contribution in [-0.2, 0) is 6.54 Å². The van der Waals surface area contributed by atoms with Gasteiger partial charge in [0, 0.05) is 37.7 Å². The molecule has 1 aliphatic heterocycles. The molecule has 2 amide bonds. The van der Waals surface area contributed by atoms with E-state index in [2.05, 4.69) is 16.3 Å². The van der Waals surface area contributed by atoms with E-state index in [9.17, 15) is 4.79 Å². The Hall–Kier alpha value is -2.55. The smallest absolute Gasteiger partial charge is 0.321 e. The monoisotopic (exact) mass is 354 g/mol. The lowest BCUT2D eigenvalue weighted by Gasteiger charge is -2.34. The summed E-state index contributed by atoms with van der Waals surface area (Å²) in [4.78, 5) is 16.5. The maximum atomic E-state index is 12.4. The molecular weight excluding hydrogens is 336 g/mol. The lowest BCUT2D eigenvalue weighted by molar-refractivity contribution is 0.143. The average molecular weight is 355 g/mol. The number of benzene rings is 2. The molecule has 0 saturated carbocycles. The molecule has 5 nitrogen and oxygen atoms in total. The van der Waals surface area contributed by atoms with Crippen molar-refractivity contribution >= 4 is 23.3 Å². The minimum absolute atomic E-state index is 0.167. The van der Waals surface area contributed by atoms with E-state index in [1.165, 1.54) is 0 Å². The molecule has 128 valence electrons. The third kappa shape index (κ3) is 4.30. The van der Waals surface area contributed by atoms with Crippen LogP contribution in [0.2, 0.25) is 5.02 Å². The van der Waals surface area contributed by atoms with Crippen LogP contribution in [0.25, 0.3) is 0 Å². The summed E-state index contributed by atoms with van der Waals surface area (Å²) in [5.41, 5.74) is 2.12. The van der Waals surface area contributed by atoms with Crippen LogP contribution in [0.15, 0.2) is 48.5 Å². The normalized spacial score (nSPS) is 14.8. The standard InChI is InChI=1S/C19H19ClN4O/c20-17-7-3-1-6-16(17)14-23-9-11-24(12-10-23)19(25)22-18-8-4-2-5-15(18)13-21/h1-8H,9-12,14H2,(H,22,25). The van der Waals surface area contributed by atoms with Crippen LogP contribution < -0.4 is 5.32 Å². The molecule has 1 saturated heterocycles. The van der Waals surface area contributed by atoms with Crippen molar-refractivity contribution in [3.63, 3.8) is 0 Å². The Kier molecular flexibility index (Phi) is 5.54. The molecule has 3 rings (SSSR count). The first-order valence-electron chi connectivity index (χ1n) is 8.18. The number of nitriles is 1. The highest BCUT2D eigenvalue weighted by Gasteiger charge is 2.22. The number of urea groups is 1. The van der Waals surface area contributed by atoms with Gasteiger partial charge in [-0.3, -0.25) is 4.90 Å². The second-order valence-corrected chi connectivity index (χ2v) is 6.35. The van der Waals surface area contributed by atoms with Crippen molar-refractivity contribution in [3.05, 3.63) is 64.7 Å².